The highest BCUT2D eigenvalue weighted by Crippen LogP contribution is 2.10. The van der Waals surface area contributed by atoms with Crippen molar-refractivity contribution in [2.75, 3.05) is 17.6 Å². The van der Waals surface area contributed by atoms with Gasteiger partial charge in [0.25, 0.3) is 0 Å². The Morgan fingerprint density at radius 2 is 2.38 bits per heavy atom. The van der Waals surface area contributed by atoms with Crippen molar-refractivity contribution in [1.29, 1.82) is 0 Å². The number of pyridine rings is 1. The van der Waals surface area contributed by atoms with E-state index in [0.717, 1.165) is 18.0 Å². The van der Waals surface area contributed by atoms with Gasteiger partial charge in [0.05, 0.1) is 0 Å². The molecule has 68 valence electrons. The summed E-state index contributed by atoms with van der Waals surface area (Å²) in [6.07, 6.45) is 0. The van der Waals surface area contributed by atoms with Gasteiger partial charge < -0.3 is 11.1 Å². The topological polar surface area (TPSA) is 68.2 Å². The van der Waals surface area contributed by atoms with Crippen molar-refractivity contribution < 1.29 is 0 Å². The van der Waals surface area contributed by atoms with Gasteiger partial charge in [-0.3, -0.25) is 0 Å². The minimum Gasteiger partial charge on any atom is -0.370 e. The van der Waals surface area contributed by atoms with Gasteiger partial charge in [0.15, 0.2) is 5.65 Å². The Morgan fingerprint density at radius 3 is 3.15 bits per heavy atom. The van der Waals surface area contributed by atoms with E-state index in [1.807, 2.05) is 25.1 Å². The first kappa shape index (κ1) is 7.85. The fourth-order valence-electron chi connectivity index (χ4n) is 1.24. The molecule has 0 saturated heterocycles. The van der Waals surface area contributed by atoms with Crippen molar-refractivity contribution in [2.24, 2.45) is 0 Å². The maximum Gasteiger partial charge on any atom is 0.240 e. The maximum absolute atomic E-state index is 5.48. The second-order valence-electron chi connectivity index (χ2n) is 2.68. The Hall–Kier alpha value is -1.78. The molecule has 0 spiro atoms. The van der Waals surface area contributed by atoms with E-state index in [1.54, 1.807) is 4.52 Å². The van der Waals surface area contributed by atoms with E-state index >= 15 is 0 Å². The second-order valence-corrected chi connectivity index (χ2v) is 2.68. The van der Waals surface area contributed by atoms with E-state index in [-0.39, 0.29) is 0 Å². The summed E-state index contributed by atoms with van der Waals surface area (Å²) in [6, 6.07) is 5.72. The molecular weight excluding hydrogens is 166 g/mol. The summed E-state index contributed by atoms with van der Waals surface area (Å²) in [5.41, 5.74) is 6.24. The molecular formula is C8H11N5. The molecule has 2 heterocycles. The van der Waals surface area contributed by atoms with Crippen LogP contribution in [0.1, 0.15) is 6.92 Å². The average Bonchev–Trinajstić information content (AvgIpc) is 2.47. The molecule has 13 heavy (non-hydrogen) atoms. The summed E-state index contributed by atoms with van der Waals surface area (Å²) in [7, 11) is 0. The molecule has 0 radical (unpaired) electrons. The zero-order valence-corrected chi connectivity index (χ0v) is 7.36. The van der Waals surface area contributed by atoms with Gasteiger partial charge in [-0.2, -0.15) is 9.50 Å². The van der Waals surface area contributed by atoms with E-state index in [4.69, 9.17) is 5.73 Å². The van der Waals surface area contributed by atoms with Gasteiger partial charge in [0.2, 0.25) is 5.95 Å². The first-order chi connectivity index (χ1) is 6.31. The summed E-state index contributed by atoms with van der Waals surface area (Å²) in [5, 5.41) is 7.22. The number of hydrogen-bond donors (Lipinski definition) is 2. The molecule has 0 unspecified atom stereocenters. The zero-order valence-electron chi connectivity index (χ0n) is 7.36. The van der Waals surface area contributed by atoms with Gasteiger partial charge in [-0.15, -0.1) is 5.10 Å². The van der Waals surface area contributed by atoms with Crippen molar-refractivity contribution in [3.8, 4) is 0 Å². The fourth-order valence-corrected chi connectivity index (χ4v) is 1.24. The van der Waals surface area contributed by atoms with Gasteiger partial charge >= 0.3 is 0 Å². The molecule has 5 heteroatoms. The summed E-state index contributed by atoms with van der Waals surface area (Å²) in [5.74, 6) is 1.20. The van der Waals surface area contributed by atoms with Crippen LogP contribution in [-0.4, -0.2) is 21.1 Å². The van der Waals surface area contributed by atoms with Crippen LogP contribution in [0.4, 0.5) is 11.8 Å². The van der Waals surface area contributed by atoms with Crippen LogP contribution in [0, 0.1) is 0 Å². The molecule has 0 aliphatic heterocycles. The first-order valence-electron chi connectivity index (χ1n) is 4.16. The third-order valence-corrected chi connectivity index (χ3v) is 1.73. The van der Waals surface area contributed by atoms with E-state index in [1.165, 1.54) is 0 Å². The molecule has 0 aliphatic rings. The van der Waals surface area contributed by atoms with Crippen molar-refractivity contribution in [3.63, 3.8) is 0 Å². The number of nitrogens with two attached hydrogens (primary N) is 1. The Balaban J connectivity index is 2.60. The number of anilines is 2. The highest BCUT2D eigenvalue weighted by molar-refractivity contribution is 5.50. The summed E-state index contributed by atoms with van der Waals surface area (Å²) < 4.78 is 1.69. The molecule has 5 nitrogen and oxygen atoms in total. The minimum absolute atomic E-state index is 0.297. The Kier molecular flexibility index (Phi) is 1.77. The lowest BCUT2D eigenvalue weighted by Gasteiger charge is -2.03. The number of hydrogen-bond acceptors (Lipinski definition) is 4. The maximum atomic E-state index is 5.48. The van der Waals surface area contributed by atoms with Gasteiger partial charge in [0, 0.05) is 6.54 Å². The molecule has 0 bridgehead atoms. The molecule has 2 rings (SSSR count). The lowest BCUT2D eigenvalue weighted by atomic mass is 10.4. The zero-order chi connectivity index (χ0) is 9.26. The molecule has 2 aromatic rings. The van der Waals surface area contributed by atoms with E-state index in [0.29, 0.717) is 5.95 Å². The number of rotatable bonds is 2. The van der Waals surface area contributed by atoms with Gasteiger partial charge in [-0.25, -0.2) is 0 Å². The number of aromatic nitrogens is 3. The van der Waals surface area contributed by atoms with Crippen LogP contribution in [0.5, 0.6) is 0 Å². The molecule has 0 atom stereocenters. The lowest BCUT2D eigenvalue weighted by molar-refractivity contribution is 0.957. The molecule has 0 amide bonds. The molecule has 2 aromatic heterocycles. The predicted octanol–water partition coefficient (Wildman–Crippen LogP) is 0.743. The van der Waals surface area contributed by atoms with Crippen LogP contribution < -0.4 is 11.1 Å². The number of nitrogens with zero attached hydrogens (tertiary/aromatic N) is 3. The smallest absolute Gasteiger partial charge is 0.240 e. The molecule has 0 fully saturated rings. The SMILES string of the molecule is CCNc1cccc2nc(N)nn12. The quantitative estimate of drug-likeness (QED) is 0.710. The van der Waals surface area contributed by atoms with Crippen molar-refractivity contribution >= 4 is 17.4 Å². The highest BCUT2D eigenvalue weighted by Gasteiger charge is 2.02. The Bertz CT molecular complexity index is 419. The summed E-state index contributed by atoms with van der Waals surface area (Å²) in [6.45, 7) is 2.87. The lowest BCUT2D eigenvalue weighted by Crippen LogP contribution is -2.03. The Morgan fingerprint density at radius 1 is 1.54 bits per heavy atom. The molecule has 0 aromatic carbocycles. The van der Waals surface area contributed by atoms with Crippen molar-refractivity contribution in [2.45, 2.75) is 6.92 Å². The van der Waals surface area contributed by atoms with Crippen LogP contribution >= 0.6 is 0 Å². The van der Waals surface area contributed by atoms with Gasteiger partial charge in [-0.1, -0.05) is 6.07 Å². The first-order valence-corrected chi connectivity index (χ1v) is 4.16. The van der Waals surface area contributed by atoms with Gasteiger partial charge in [0.1, 0.15) is 5.82 Å². The largest absolute Gasteiger partial charge is 0.370 e. The van der Waals surface area contributed by atoms with Crippen molar-refractivity contribution in [3.05, 3.63) is 18.2 Å². The van der Waals surface area contributed by atoms with Crippen LogP contribution in [0.15, 0.2) is 18.2 Å². The monoisotopic (exact) mass is 177 g/mol. The Labute approximate surface area is 75.6 Å². The number of fused-ring (bicyclic) bond motifs is 1. The molecule has 0 saturated carbocycles. The van der Waals surface area contributed by atoms with E-state index in [2.05, 4.69) is 15.4 Å². The average molecular weight is 177 g/mol. The highest BCUT2D eigenvalue weighted by atomic mass is 15.4. The van der Waals surface area contributed by atoms with Gasteiger partial charge in [-0.05, 0) is 19.1 Å². The standard InChI is InChI=1S/C8H11N5/c1-2-10-6-4-3-5-7-11-8(9)12-13(6)7/h3-5,10H,2H2,1H3,(H2,9,12). The number of nitrogen functional groups attached to an aromatic ring is 1. The fraction of sp³-hybridized carbons (Fsp3) is 0.250. The second kappa shape index (κ2) is 2.93. The normalized spacial score (nSPS) is 10.5. The molecule has 0 aliphatic carbocycles. The van der Waals surface area contributed by atoms with Crippen LogP contribution in [0.25, 0.3) is 5.65 Å². The third-order valence-electron chi connectivity index (χ3n) is 1.73. The number of nitrogens with one attached hydrogen (secondary N) is 1. The van der Waals surface area contributed by atoms with E-state index in [9.17, 15) is 0 Å². The van der Waals surface area contributed by atoms with Crippen LogP contribution in [-0.2, 0) is 0 Å². The summed E-state index contributed by atoms with van der Waals surface area (Å²) in [4.78, 5) is 4.05. The van der Waals surface area contributed by atoms with Crippen LogP contribution in [0.3, 0.4) is 0 Å². The summed E-state index contributed by atoms with van der Waals surface area (Å²) >= 11 is 0. The van der Waals surface area contributed by atoms with E-state index < -0.39 is 0 Å². The third kappa shape index (κ3) is 1.28. The minimum atomic E-state index is 0.297. The predicted molar refractivity (Wildman–Crippen MR) is 51.6 cm³/mol. The van der Waals surface area contributed by atoms with Crippen molar-refractivity contribution in [1.82, 2.24) is 14.6 Å². The van der Waals surface area contributed by atoms with Crippen LogP contribution in [0.2, 0.25) is 0 Å². The molecule has 3 N–H and O–H groups in total.